The van der Waals surface area contributed by atoms with E-state index < -0.39 is 5.97 Å². The number of anilines is 1. The summed E-state index contributed by atoms with van der Waals surface area (Å²) in [6, 6.07) is 1.63. The van der Waals surface area contributed by atoms with Crippen LogP contribution >= 0.6 is 15.9 Å². The van der Waals surface area contributed by atoms with Gasteiger partial charge in [-0.1, -0.05) is 0 Å². The van der Waals surface area contributed by atoms with Crippen LogP contribution in [-0.4, -0.2) is 18.1 Å². The molecular weight excluding hydrogens is 236 g/mol. The molecule has 2 N–H and O–H groups in total. The summed E-state index contributed by atoms with van der Waals surface area (Å²) in [6.07, 6.45) is 0. The van der Waals surface area contributed by atoms with Crippen molar-refractivity contribution in [1.82, 2.24) is 4.98 Å². The monoisotopic (exact) mass is 244 g/mol. The van der Waals surface area contributed by atoms with Gasteiger partial charge in [0, 0.05) is 4.47 Å². The topological polar surface area (TPSA) is 65.2 Å². The van der Waals surface area contributed by atoms with Crippen molar-refractivity contribution in [3.05, 3.63) is 21.9 Å². The lowest BCUT2D eigenvalue weighted by Crippen LogP contribution is -2.09. The number of pyridine rings is 1. The van der Waals surface area contributed by atoms with Crippen molar-refractivity contribution < 1.29 is 9.53 Å². The van der Waals surface area contributed by atoms with Crippen molar-refractivity contribution in [2.45, 2.75) is 6.92 Å². The molecule has 4 nitrogen and oxygen atoms in total. The summed E-state index contributed by atoms with van der Waals surface area (Å²) < 4.78 is 5.29. The van der Waals surface area contributed by atoms with E-state index in [4.69, 9.17) is 5.73 Å². The number of nitrogens with two attached hydrogens (primary N) is 1. The molecule has 0 atom stereocenters. The summed E-state index contributed by atoms with van der Waals surface area (Å²) in [4.78, 5) is 15.1. The maximum absolute atomic E-state index is 11.1. The number of halogens is 1. The van der Waals surface area contributed by atoms with E-state index in [1.54, 1.807) is 13.0 Å². The number of hydrogen-bond donors (Lipinski definition) is 1. The molecule has 1 aromatic heterocycles. The molecular formula is C8H9BrN2O2. The summed E-state index contributed by atoms with van der Waals surface area (Å²) >= 11 is 3.26. The maximum Gasteiger partial charge on any atom is 0.358 e. The van der Waals surface area contributed by atoms with E-state index in [-0.39, 0.29) is 5.69 Å². The Balaban J connectivity index is 3.23. The van der Waals surface area contributed by atoms with Gasteiger partial charge in [0.25, 0.3) is 0 Å². The van der Waals surface area contributed by atoms with Crippen molar-refractivity contribution in [3.8, 4) is 0 Å². The molecule has 0 unspecified atom stereocenters. The van der Waals surface area contributed by atoms with Crippen molar-refractivity contribution >= 4 is 27.6 Å². The number of hydrogen-bond acceptors (Lipinski definition) is 4. The number of nitrogens with zero attached hydrogens (tertiary/aromatic N) is 1. The summed E-state index contributed by atoms with van der Waals surface area (Å²) in [5, 5.41) is 0. The minimum atomic E-state index is -0.520. The molecule has 0 aliphatic heterocycles. The van der Waals surface area contributed by atoms with Crippen LogP contribution in [0.2, 0.25) is 0 Å². The average molecular weight is 245 g/mol. The van der Waals surface area contributed by atoms with Crippen LogP contribution in [-0.2, 0) is 4.74 Å². The minimum Gasteiger partial charge on any atom is -0.464 e. The Hall–Kier alpha value is -1.10. The molecule has 0 spiro atoms. The molecule has 0 fully saturated rings. The molecule has 5 heteroatoms. The standard InChI is InChI=1S/C8H9BrN2O2/c1-4-5(9)3-6(10)7(11-4)8(12)13-2/h3H,10H2,1-2H3. The number of carbonyl (C=O) groups is 1. The first kappa shape index (κ1) is 9.98. The van der Waals surface area contributed by atoms with Gasteiger partial charge in [0.2, 0.25) is 0 Å². The molecule has 0 aliphatic rings. The van der Waals surface area contributed by atoms with E-state index in [1.807, 2.05) is 0 Å². The van der Waals surface area contributed by atoms with Gasteiger partial charge in [-0.25, -0.2) is 9.78 Å². The molecule has 0 amide bonds. The fraction of sp³-hybridized carbons (Fsp3) is 0.250. The Morgan fingerprint density at radius 3 is 2.85 bits per heavy atom. The van der Waals surface area contributed by atoms with Crippen molar-refractivity contribution in [3.63, 3.8) is 0 Å². The van der Waals surface area contributed by atoms with E-state index in [0.29, 0.717) is 11.4 Å². The number of nitrogen functional groups attached to an aromatic ring is 1. The van der Waals surface area contributed by atoms with Gasteiger partial charge in [-0.3, -0.25) is 0 Å². The minimum absolute atomic E-state index is 0.156. The second-order valence-electron chi connectivity index (χ2n) is 2.49. The molecule has 0 aromatic carbocycles. The van der Waals surface area contributed by atoms with E-state index in [9.17, 15) is 4.79 Å². The van der Waals surface area contributed by atoms with Crippen LogP contribution < -0.4 is 5.73 Å². The zero-order chi connectivity index (χ0) is 10.0. The van der Waals surface area contributed by atoms with Gasteiger partial charge in [0.15, 0.2) is 5.69 Å². The zero-order valence-electron chi connectivity index (χ0n) is 7.30. The number of ether oxygens (including phenoxy) is 1. The lowest BCUT2D eigenvalue weighted by molar-refractivity contribution is 0.0595. The fourth-order valence-corrected chi connectivity index (χ4v) is 1.19. The predicted molar refractivity (Wildman–Crippen MR) is 52.4 cm³/mol. The van der Waals surface area contributed by atoms with Crippen molar-refractivity contribution in [1.29, 1.82) is 0 Å². The van der Waals surface area contributed by atoms with E-state index in [0.717, 1.165) is 4.47 Å². The second kappa shape index (κ2) is 3.74. The number of rotatable bonds is 1. The van der Waals surface area contributed by atoms with Gasteiger partial charge < -0.3 is 10.5 Å². The van der Waals surface area contributed by atoms with Gasteiger partial charge in [-0.2, -0.15) is 0 Å². The fourth-order valence-electron chi connectivity index (χ4n) is 0.855. The SMILES string of the molecule is COC(=O)c1nc(C)c(Br)cc1N. The van der Waals surface area contributed by atoms with Gasteiger partial charge >= 0.3 is 5.97 Å². The molecule has 1 heterocycles. The number of esters is 1. The van der Waals surface area contributed by atoms with Crippen molar-refractivity contribution in [2.24, 2.45) is 0 Å². The van der Waals surface area contributed by atoms with Gasteiger partial charge in [0.05, 0.1) is 18.5 Å². The number of methoxy groups -OCH3 is 1. The zero-order valence-corrected chi connectivity index (χ0v) is 8.88. The first-order valence-corrected chi connectivity index (χ1v) is 4.36. The van der Waals surface area contributed by atoms with Crippen LogP contribution in [0, 0.1) is 6.92 Å². The normalized spacial score (nSPS) is 9.77. The Labute approximate surface area is 84.2 Å². The summed E-state index contributed by atoms with van der Waals surface area (Å²) in [5.74, 6) is -0.520. The highest BCUT2D eigenvalue weighted by molar-refractivity contribution is 9.10. The Morgan fingerprint density at radius 2 is 2.31 bits per heavy atom. The first-order valence-electron chi connectivity index (χ1n) is 3.57. The van der Waals surface area contributed by atoms with Gasteiger partial charge in [-0.15, -0.1) is 0 Å². The second-order valence-corrected chi connectivity index (χ2v) is 3.34. The highest BCUT2D eigenvalue weighted by Gasteiger charge is 2.13. The largest absolute Gasteiger partial charge is 0.464 e. The third kappa shape index (κ3) is 1.98. The molecule has 0 saturated heterocycles. The lowest BCUT2D eigenvalue weighted by Gasteiger charge is -2.05. The molecule has 1 aromatic rings. The van der Waals surface area contributed by atoms with Gasteiger partial charge in [-0.05, 0) is 28.9 Å². The molecule has 0 saturated carbocycles. The molecule has 0 radical (unpaired) electrons. The van der Waals surface area contributed by atoms with Crippen molar-refractivity contribution in [2.75, 3.05) is 12.8 Å². The third-order valence-corrected chi connectivity index (χ3v) is 2.36. The third-order valence-electron chi connectivity index (χ3n) is 1.56. The van der Waals surface area contributed by atoms with Gasteiger partial charge in [0.1, 0.15) is 0 Å². The quantitative estimate of drug-likeness (QED) is 0.762. The number of carbonyl (C=O) groups excluding carboxylic acids is 1. The number of aryl methyl sites for hydroxylation is 1. The Morgan fingerprint density at radius 1 is 1.69 bits per heavy atom. The molecule has 70 valence electrons. The van der Waals surface area contributed by atoms with Crippen LogP contribution in [0.1, 0.15) is 16.2 Å². The molecule has 0 aliphatic carbocycles. The van der Waals surface area contributed by atoms with Crippen LogP contribution in [0.15, 0.2) is 10.5 Å². The highest BCUT2D eigenvalue weighted by atomic mass is 79.9. The Bertz CT molecular complexity index is 352. The van der Waals surface area contributed by atoms with E-state index in [2.05, 4.69) is 25.7 Å². The molecule has 13 heavy (non-hydrogen) atoms. The summed E-state index contributed by atoms with van der Waals surface area (Å²) in [7, 11) is 1.29. The highest BCUT2D eigenvalue weighted by Crippen LogP contribution is 2.20. The first-order chi connectivity index (χ1) is 6.06. The smallest absolute Gasteiger partial charge is 0.358 e. The predicted octanol–water partition coefficient (Wildman–Crippen LogP) is 1.52. The van der Waals surface area contributed by atoms with Crippen LogP contribution in [0.5, 0.6) is 0 Å². The lowest BCUT2D eigenvalue weighted by atomic mass is 10.2. The van der Waals surface area contributed by atoms with E-state index >= 15 is 0 Å². The summed E-state index contributed by atoms with van der Waals surface area (Å²) in [6.45, 7) is 1.77. The van der Waals surface area contributed by atoms with Crippen LogP contribution in [0.25, 0.3) is 0 Å². The summed E-state index contributed by atoms with van der Waals surface area (Å²) in [5.41, 5.74) is 6.74. The number of aromatic nitrogens is 1. The van der Waals surface area contributed by atoms with E-state index in [1.165, 1.54) is 7.11 Å². The maximum atomic E-state index is 11.1. The van der Waals surface area contributed by atoms with Crippen LogP contribution in [0.3, 0.4) is 0 Å². The van der Waals surface area contributed by atoms with Crippen LogP contribution in [0.4, 0.5) is 5.69 Å². The average Bonchev–Trinajstić information content (AvgIpc) is 2.10. The molecule has 0 bridgehead atoms. The molecule has 1 rings (SSSR count). The Kier molecular flexibility index (Phi) is 2.87.